The van der Waals surface area contributed by atoms with Gasteiger partial charge in [0.05, 0.1) is 19.2 Å². The van der Waals surface area contributed by atoms with E-state index in [1.807, 2.05) is 0 Å². The first-order valence-corrected chi connectivity index (χ1v) is 6.60. The van der Waals surface area contributed by atoms with Gasteiger partial charge in [-0.1, -0.05) is 0 Å². The van der Waals surface area contributed by atoms with Crippen molar-refractivity contribution in [3.05, 3.63) is 29.6 Å². The molecule has 0 aromatic carbocycles. The lowest BCUT2D eigenvalue weighted by atomic mass is 10.2. The molecular weight excluding hydrogens is 294 g/mol. The molecule has 1 aromatic heterocycles. The van der Waals surface area contributed by atoms with Crippen molar-refractivity contribution in [1.82, 2.24) is 15.2 Å². The third kappa shape index (κ3) is 3.55. The molecule has 1 saturated heterocycles. The predicted octanol–water partition coefficient (Wildman–Crippen LogP) is 0.880. The molecule has 0 spiro atoms. The van der Waals surface area contributed by atoms with Crippen LogP contribution < -0.4 is 5.32 Å². The van der Waals surface area contributed by atoms with Crippen LogP contribution in [0.3, 0.4) is 0 Å². The monoisotopic (exact) mass is 308 g/mol. The Kier molecular flexibility index (Phi) is 4.35. The number of hydrogen-bond acceptors (Lipinski definition) is 4. The van der Waals surface area contributed by atoms with Gasteiger partial charge in [0.15, 0.2) is 0 Å². The molecule has 1 aliphatic rings. The maximum absolute atomic E-state index is 13.3. The van der Waals surface area contributed by atoms with Gasteiger partial charge in [-0.3, -0.25) is 14.6 Å². The number of halogens is 2. The van der Waals surface area contributed by atoms with Crippen LogP contribution in [-0.2, 0) is 4.79 Å². The van der Waals surface area contributed by atoms with Crippen molar-refractivity contribution in [2.24, 2.45) is 0 Å². The van der Waals surface area contributed by atoms with E-state index in [1.165, 1.54) is 12.3 Å². The van der Waals surface area contributed by atoms with Crippen LogP contribution >= 0.6 is 0 Å². The SMILES string of the molecule is Cc1cc(C(=O)NCC(=O)N2CC(F)(F)CC2C#N)ccn1. The van der Waals surface area contributed by atoms with Crippen molar-refractivity contribution < 1.29 is 18.4 Å². The Labute approximate surface area is 125 Å². The topological polar surface area (TPSA) is 86.1 Å². The van der Waals surface area contributed by atoms with E-state index in [4.69, 9.17) is 5.26 Å². The molecule has 8 heteroatoms. The second-order valence-corrected chi connectivity index (χ2v) is 5.10. The third-order valence-corrected chi connectivity index (χ3v) is 3.30. The summed E-state index contributed by atoms with van der Waals surface area (Å²) in [4.78, 5) is 28.5. The van der Waals surface area contributed by atoms with Gasteiger partial charge in [-0.05, 0) is 19.1 Å². The molecule has 22 heavy (non-hydrogen) atoms. The highest BCUT2D eigenvalue weighted by Crippen LogP contribution is 2.31. The lowest BCUT2D eigenvalue weighted by Gasteiger charge is -2.19. The molecule has 116 valence electrons. The van der Waals surface area contributed by atoms with Crippen LogP contribution in [0, 0.1) is 18.3 Å². The summed E-state index contributed by atoms with van der Waals surface area (Å²) >= 11 is 0. The molecule has 6 nitrogen and oxygen atoms in total. The quantitative estimate of drug-likeness (QED) is 0.898. The largest absolute Gasteiger partial charge is 0.343 e. The number of aromatic nitrogens is 1. The van der Waals surface area contributed by atoms with Gasteiger partial charge in [-0.25, -0.2) is 8.78 Å². The number of pyridine rings is 1. The molecule has 0 bridgehead atoms. The molecule has 2 rings (SSSR count). The van der Waals surface area contributed by atoms with E-state index in [1.54, 1.807) is 19.1 Å². The van der Waals surface area contributed by atoms with Gasteiger partial charge >= 0.3 is 0 Å². The van der Waals surface area contributed by atoms with Crippen molar-refractivity contribution in [1.29, 1.82) is 5.26 Å². The van der Waals surface area contributed by atoms with Crippen LogP contribution in [0.1, 0.15) is 22.5 Å². The highest BCUT2D eigenvalue weighted by atomic mass is 19.3. The van der Waals surface area contributed by atoms with Gasteiger partial charge in [0.25, 0.3) is 11.8 Å². The average molecular weight is 308 g/mol. The zero-order chi connectivity index (χ0) is 16.3. The molecule has 1 aliphatic heterocycles. The number of nitrogens with zero attached hydrogens (tertiary/aromatic N) is 3. The first kappa shape index (κ1) is 15.8. The van der Waals surface area contributed by atoms with Crippen LogP contribution in [-0.4, -0.2) is 46.8 Å². The minimum absolute atomic E-state index is 0.323. The summed E-state index contributed by atoms with van der Waals surface area (Å²) in [6.07, 6.45) is 0.783. The second-order valence-electron chi connectivity index (χ2n) is 5.10. The standard InChI is InChI=1S/C14H14F2N4O2/c1-9-4-10(2-3-18-9)13(22)19-7-12(21)20-8-14(15,16)5-11(20)6-17/h2-4,11H,5,7-8H2,1H3,(H,19,22). The van der Waals surface area contributed by atoms with E-state index in [9.17, 15) is 18.4 Å². The molecule has 2 heterocycles. The zero-order valence-electron chi connectivity index (χ0n) is 11.8. The Morgan fingerprint density at radius 1 is 1.59 bits per heavy atom. The first-order valence-electron chi connectivity index (χ1n) is 6.60. The lowest BCUT2D eigenvalue weighted by Crippen LogP contribution is -2.42. The minimum Gasteiger partial charge on any atom is -0.343 e. The summed E-state index contributed by atoms with van der Waals surface area (Å²) in [7, 11) is 0. The minimum atomic E-state index is -3.07. The van der Waals surface area contributed by atoms with E-state index < -0.39 is 43.3 Å². The fourth-order valence-corrected chi connectivity index (χ4v) is 2.24. The number of nitrogens with one attached hydrogen (secondary N) is 1. The molecule has 1 aromatic rings. The number of alkyl halides is 2. The second kappa shape index (κ2) is 6.05. The van der Waals surface area contributed by atoms with Crippen molar-refractivity contribution >= 4 is 11.8 Å². The fourth-order valence-electron chi connectivity index (χ4n) is 2.24. The number of nitriles is 1. The smallest absolute Gasteiger partial charge is 0.268 e. The third-order valence-electron chi connectivity index (χ3n) is 3.30. The summed E-state index contributed by atoms with van der Waals surface area (Å²) < 4.78 is 26.5. The Bertz CT molecular complexity index is 642. The van der Waals surface area contributed by atoms with Gasteiger partial charge < -0.3 is 10.2 Å². The average Bonchev–Trinajstić information content (AvgIpc) is 2.79. The summed E-state index contributed by atoms with van der Waals surface area (Å²) in [5.41, 5.74) is 0.964. The van der Waals surface area contributed by atoms with Crippen molar-refractivity contribution in [2.45, 2.75) is 25.3 Å². The number of amides is 2. The van der Waals surface area contributed by atoms with E-state index in [0.29, 0.717) is 11.3 Å². The molecule has 0 aliphatic carbocycles. The van der Waals surface area contributed by atoms with Gasteiger partial charge in [-0.2, -0.15) is 5.26 Å². The van der Waals surface area contributed by atoms with Crippen molar-refractivity contribution in [2.75, 3.05) is 13.1 Å². The van der Waals surface area contributed by atoms with Gasteiger partial charge in [-0.15, -0.1) is 0 Å². The van der Waals surface area contributed by atoms with Crippen molar-refractivity contribution in [3.63, 3.8) is 0 Å². The van der Waals surface area contributed by atoms with E-state index in [-0.39, 0.29) is 0 Å². The maximum atomic E-state index is 13.3. The lowest BCUT2D eigenvalue weighted by molar-refractivity contribution is -0.131. The summed E-state index contributed by atoms with van der Waals surface area (Å²) in [6, 6.07) is 3.54. The molecule has 1 N–H and O–H groups in total. The Morgan fingerprint density at radius 2 is 2.32 bits per heavy atom. The first-order chi connectivity index (χ1) is 10.3. The van der Waals surface area contributed by atoms with Crippen LogP contribution in [0.4, 0.5) is 8.78 Å². The predicted molar refractivity (Wildman–Crippen MR) is 72.0 cm³/mol. The molecule has 1 atom stereocenters. The summed E-state index contributed by atoms with van der Waals surface area (Å²) in [5.74, 6) is -4.27. The Balaban J connectivity index is 1.96. The molecule has 0 saturated carbocycles. The van der Waals surface area contributed by atoms with Gasteiger partial charge in [0.2, 0.25) is 5.91 Å². The number of likely N-dealkylation sites (tertiary alicyclic amines) is 1. The van der Waals surface area contributed by atoms with Crippen LogP contribution in [0.5, 0.6) is 0 Å². The fraction of sp³-hybridized carbons (Fsp3) is 0.429. The zero-order valence-corrected chi connectivity index (χ0v) is 11.8. The number of hydrogen-bond donors (Lipinski definition) is 1. The molecule has 0 radical (unpaired) electrons. The number of carbonyl (C=O) groups is 2. The number of rotatable bonds is 3. The van der Waals surface area contributed by atoms with Gasteiger partial charge in [0, 0.05) is 23.9 Å². The molecule has 1 unspecified atom stereocenters. The van der Waals surface area contributed by atoms with E-state index in [0.717, 1.165) is 4.90 Å². The maximum Gasteiger partial charge on any atom is 0.268 e. The highest BCUT2D eigenvalue weighted by Gasteiger charge is 2.47. The van der Waals surface area contributed by atoms with Crippen LogP contribution in [0.2, 0.25) is 0 Å². The molecular formula is C14H14F2N4O2. The highest BCUT2D eigenvalue weighted by molar-refractivity contribution is 5.96. The van der Waals surface area contributed by atoms with E-state index >= 15 is 0 Å². The molecule has 1 fully saturated rings. The number of aryl methyl sites for hydroxylation is 1. The number of carbonyl (C=O) groups excluding carboxylic acids is 2. The molecule has 2 amide bonds. The Morgan fingerprint density at radius 3 is 2.95 bits per heavy atom. The van der Waals surface area contributed by atoms with E-state index in [2.05, 4.69) is 10.3 Å². The normalized spacial score (nSPS) is 19.5. The summed E-state index contributed by atoms with van der Waals surface area (Å²) in [6.45, 7) is 0.481. The van der Waals surface area contributed by atoms with Crippen LogP contribution in [0.25, 0.3) is 0 Å². The van der Waals surface area contributed by atoms with Crippen LogP contribution in [0.15, 0.2) is 18.3 Å². The Hall–Kier alpha value is -2.56. The van der Waals surface area contributed by atoms with Gasteiger partial charge in [0.1, 0.15) is 6.04 Å². The summed E-state index contributed by atoms with van der Waals surface area (Å²) in [5, 5.41) is 11.2. The van der Waals surface area contributed by atoms with Crippen molar-refractivity contribution in [3.8, 4) is 6.07 Å².